The molecule has 21 heavy (non-hydrogen) atoms. The van der Waals surface area contributed by atoms with Crippen LogP contribution in [0.3, 0.4) is 0 Å². The van der Waals surface area contributed by atoms with E-state index in [-0.39, 0.29) is 23.6 Å². The summed E-state index contributed by atoms with van der Waals surface area (Å²) < 4.78 is 10.1. The highest BCUT2D eigenvalue weighted by Gasteiger charge is 2.19. The highest BCUT2D eigenvalue weighted by molar-refractivity contribution is 5.83. The molecule has 0 fully saturated rings. The Morgan fingerprint density at radius 1 is 1.52 bits per heavy atom. The monoisotopic (exact) mass is 292 g/mol. The summed E-state index contributed by atoms with van der Waals surface area (Å²) in [5.74, 6) is 1.81. The fourth-order valence-corrected chi connectivity index (χ4v) is 1.43. The molecule has 1 aromatic carbocycles. The predicted molar refractivity (Wildman–Crippen MR) is 72.4 cm³/mol. The van der Waals surface area contributed by atoms with Gasteiger partial charge in [-0.05, 0) is 0 Å². The molecule has 0 atom stereocenters. The Morgan fingerprint density at radius 2 is 2.24 bits per heavy atom. The van der Waals surface area contributed by atoms with Gasteiger partial charge in [-0.25, -0.2) is 0 Å². The average molecular weight is 292 g/mol. The average Bonchev–Trinajstić information content (AvgIpc) is 2.49. The molecule has 0 saturated heterocycles. The minimum atomic E-state index is -0.728. The van der Waals surface area contributed by atoms with Gasteiger partial charge in [-0.2, -0.15) is 0 Å². The minimum Gasteiger partial charge on any atom is -0.493 e. The van der Waals surface area contributed by atoms with Crippen LogP contribution in [0.1, 0.15) is 10.4 Å². The van der Waals surface area contributed by atoms with Gasteiger partial charge in [0.1, 0.15) is 0 Å². The van der Waals surface area contributed by atoms with Crippen LogP contribution in [0.15, 0.2) is 12.1 Å². The molecule has 1 aromatic rings. The van der Waals surface area contributed by atoms with Crippen LogP contribution < -0.4 is 14.8 Å². The van der Waals surface area contributed by atoms with E-state index in [2.05, 4.69) is 11.2 Å². The summed E-state index contributed by atoms with van der Waals surface area (Å²) in [5.41, 5.74) is -0.592. The normalized spacial score (nSPS) is 9.33. The van der Waals surface area contributed by atoms with Crippen molar-refractivity contribution in [2.45, 2.75) is 0 Å². The fraction of sp³-hybridized carbons (Fsp3) is 0.231. The fourth-order valence-electron chi connectivity index (χ4n) is 1.43. The largest absolute Gasteiger partial charge is 0.493 e. The van der Waals surface area contributed by atoms with Crippen LogP contribution >= 0.6 is 0 Å². The summed E-state index contributed by atoms with van der Waals surface area (Å²) in [5, 5.41) is 13.2. The topological polar surface area (TPSA) is 108 Å². The predicted octanol–water partition coefficient (Wildman–Crippen LogP) is 0.544. The molecule has 0 aromatic heterocycles. The number of aldehydes is 1. The first-order valence-electron chi connectivity index (χ1n) is 5.68. The second-order valence-electron chi connectivity index (χ2n) is 3.71. The van der Waals surface area contributed by atoms with Gasteiger partial charge in [0.2, 0.25) is 0 Å². The molecule has 0 bridgehead atoms. The lowest BCUT2D eigenvalue weighted by atomic mass is 10.1. The van der Waals surface area contributed by atoms with Crippen LogP contribution in [-0.4, -0.2) is 37.4 Å². The molecule has 8 nitrogen and oxygen atoms in total. The number of rotatable bonds is 7. The number of terminal acetylenes is 1. The van der Waals surface area contributed by atoms with E-state index in [4.69, 9.17) is 15.9 Å². The van der Waals surface area contributed by atoms with E-state index in [1.165, 1.54) is 13.2 Å². The number of nitro benzene ring substituents is 1. The summed E-state index contributed by atoms with van der Waals surface area (Å²) in [4.78, 5) is 32.3. The van der Waals surface area contributed by atoms with E-state index in [1.54, 1.807) is 0 Å². The zero-order valence-corrected chi connectivity index (χ0v) is 11.1. The van der Waals surface area contributed by atoms with Crippen molar-refractivity contribution in [3.8, 4) is 23.8 Å². The third-order valence-corrected chi connectivity index (χ3v) is 2.38. The van der Waals surface area contributed by atoms with E-state index >= 15 is 0 Å². The van der Waals surface area contributed by atoms with Gasteiger partial charge in [0.15, 0.2) is 24.4 Å². The molecule has 0 saturated carbocycles. The van der Waals surface area contributed by atoms with E-state index in [0.717, 1.165) is 6.07 Å². The molecule has 1 N–H and O–H groups in total. The lowest BCUT2D eigenvalue weighted by Crippen LogP contribution is -2.29. The smallest absolute Gasteiger partial charge is 0.283 e. The number of nitrogens with zero attached hydrogens (tertiary/aromatic N) is 1. The van der Waals surface area contributed by atoms with Crippen molar-refractivity contribution in [3.05, 3.63) is 27.8 Å². The molecular weight excluding hydrogens is 280 g/mol. The quantitative estimate of drug-likeness (QED) is 0.340. The van der Waals surface area contributed by atoms with E-state index in [0.29, 0.717) is 6.29 Å². The highest BCUT2D eigenvalue weighted by Crippen LogP contribution is 2.33. The van der Waals surface area contributed by atoms with Crippen LogP contribution in [0.5, 0.6) is 11.5 Å². The van der Waals surface area contributed by atoms with E-state index in [1.807, 2.05) is 0 Å². The van der Waals surface area contributed by atoms with Crippen molar-refractivity contribution in [3.63, 3.8) is 0 Å². The Balaban J connectivity index is 2.98. The lowest BCUT2D eigenvalue weighted by Gasteiger charge is -2.11. The Labute approximate surface area is 120 Å². The van der Waals surface area contributed by atoms with Crippen LogP contribution in [0.25, 0.3) is 0 Å². The van der Waals surface area contributed by atoms with Crippen LogP contribution in [0.4, 0.5) is 5.69 Å². The van der Waals surface area contributed by atoms with Crippen molar-refractivity contribution in [2.75, 3.05) is 20.3 Å². The van der Waals surface area contributed by atoms with Gasteiger partial charge < -0.3 is 14.8 Å². The minimum absolute atomic E-state index is 0.0225. The summed E-state index contributed by atoms with van der Waals surface area (Å²) in [6.07, 6.45) is 5.32. The van der Waals surface area contributed by atoms with Crippen LogP contribution in [0.2, 0.25) is 0 Å². The summed E-state index contributed by atoms with van der Waals surface area (Å²) in [6.45, 7) is -0.348. The van der Waals surface area contributed by atoms with Crippen molar-refractivity contribution in [2.24, 2.45) is 0 Å². The number of hydrogen-bond acceptors (Lipinski definition) is 6. The Morgan fingerprint density at radius 3 is 2.76 bits per heavy atom. The number of carbonyl (C=O) groups is 2. The van der Waals surface area contributed by atoms with E-state index in [9.17, 15) is 19.7 Å². The first-order chi connectivity index (χ1) is 10.0. The third kappa shape index (κ3) is 4.21. The number of methoxy groups -OCH3 is 1. The number of amides is 1. The molecule has 0 aliphatic heterocycles. The molecule has 1 rings (SSSR count). The highest BCUT2D eigenvalue weighted by atomic mass is 16.6. The van der Waals surface area contributed by atoms with Crippen LogP contribution in [0, 0.1) is 22.5 Å². The first kappa shape index (κ1) is 16.0. The van der Waals surface area contributed by atoms with Gasteiger partial charge in [0.05, 0.1) is 30.2 Å². The Kier molecular flexibility index (Phi) is 5.70. The SMILES string of the molecule is C#CCNC(=O)COc1cc([N+](=O)[O-])c(C=O)cc1OC. The lowest BCUT2D eigenvalue weighted by molar-refractivity contribution is -0.385. The molecule has 0 heterocycles. The van der Waals surface area contributed by atoms with Gasteiger partial charge in [-0.1, -0.05) is 5.92 Å². The Bertz CT molecular complexity index is 605. The number of benzene rings is 1. The third-order valence-electron chi connectivity index (χ3n) is 2.38. The molecule has 0 radical (unpaired) electrons. The van der Waals surface area contributed by atoms with Gasteiger partial charge in [-0.3, -0.25) is 19.7 Å². The summed E-state index contributed by atoms with van der Waals surface area (Å²) in [6, 6.07) is 2.19. The zero-order valence-electron chi connectivity index (χ0n) is 11.1. The first-order valence-corrected chi connectivity index (χ1v) is 5.68. The van der Waals surface area contributed by atoms with Crippen molar-refractivity contribution in [1.29, 1.82) is 0 Å². The van der Waals surface area contributed by atoms with E-state index < -0.39 is 23.1 Å². The second-order valence-corrected chi connectivity index (χ2v) is 3.71. The van der Waals surface area contributed by atoms with Gasteiger partial charge in [0.25, 0.3) is 11.6 Å². The maximum Gasteiger partial charge on any atom is 0.283 e. The number of carbonyl (C=O) groups excluding carboxylic acids is 2. The van der Waals surface area contributed by atoms with Crippen molar-refractivity contribution < 1.29 is 24.0 Å². The Hall–Kier alpha value is -3.08. The molecular formula is C13H12N2O6. The summed E-state index contributed by atoms with van der Waals surface area (Å²) in [7, 11) is 1.31. The maximum atomic E-state index is 11.4. The molecule has 0 aliphatic rings. The molecule has 1 amide bonds. The van der Waals surface area contributed by atoms with Crippen molar-refractivity contribution >= 4 is 17.9 Å². The number of ether oxygens (including phenoxy) is 2. The van der Waals surface area contributed by atoms with Gasteiger partial charge in [-0.15, -0.1) is 6.42 Å². The van der Waals surface area contributed by atoms with Gasteiger partial charge in [0, 0.05) is 6.07 Å². The molecule has 0 aliphatic carbocycles. The zero-order chi connectivity index (χ0) is 15.8. The summed E-state index contributed by atoms with van der Waals surface area (Å²) >= 11 is 0. The molecule has 0 unspecified atom stereocenters. The molecule has 0 spiro atoms. The standard InChI is InChI=1S/C13H12N2O6/c1-3-4-14-13(17)8-21-12-6-10(15(18)19)9(7-16)5-11(12)20-2/h1,5-7H,4,8H2,2H3,(H,14,17). The van der Waals surface area contributed by atoms with Gasteiger partial charge >= 0.3 is 0 Å². The number of nitro groups is 1. The molecule has 8 heteroatoms. The number of hydrogen-bond donors (Lipinski definition) is 1. The number of nitrogens with one attached hydrogen (secondary N) is 1. The maximum absolute atomic E-state index is 11.4. The second kappa shape index (κ2) is 7.49. The molecule has 110 valence electrons. The van der Waals surface area contributed by atoms with Crippen LogP contribution in [-0.2, 0) is 4.79 Å². The van der Waals surface area contributed by atoms with Crippen molar-refractivity contribution in [1.82, 2.24) is 5.32 Å².